The van der Waals surface area contributed by atoms with E-state index in [1.165, 1.54) is 40.7 Å². The predicted molar refractivity (Wildman–Crippen MR) is 125 cm³/mol. The van der Waals surface area contributed by atoms with E-state index in [4.69, 9.17) is 4.74 Å². The van der Waals surface area contributed by atoms with Crippen LogP contribution < -0.4 is 21.2 Å². The molecule has 0 bridgehead atoms. The minimum Gasteiger partial charge on any atom is -0.489 e. The van der Waals surface area contributed by atoms with Gasteiger partial charge >= 0.3 is 11.1 Å². The molecule has 1 heterocycles. The summed E-state index contributed by atoms with van der Waals surface area (Å²) in [5.74, 6) is -0.290. The number of aromatic amines is 2. The average molecular weight is 475 g/mol. The number of rotatable bonds is 8. The number of carbonyl (C=O) groups is 1. The number of nitrogens with zero attached hydrogens (tertiary/aromatic N) is 1. The van der Waals surface area contributed by atoms with Crippen LogP contribution in [0.1, 0.15) is 38.1 Å². The van der Waals surface area contributed by atoms with Crippen molar-refractivity contribution >= 4 is 32.7 Å². The van der Waals surface area contributed by atoms with Crippen LogP contribution in [0.4, 0.5) is 5.69 Å². The summed E-state index contributed by atoms with van der Waals surface area (Å²) in [6.45, 7) is 7.75. The van der Waals surface area contributed by atoms with Crippen LogP contribution in [0.5, 0.6) is 5.75 Å². The number of nitrogens with one attached hydrogen (secondary N) is 3. The summed E-state index contributed by atoms with van der Waals surface area (Å²) in [4.78, 5) is 40.8. The molecule has 0 radical (unpaired) electrons. The van der Waals surface area contributed by atoms with E-state index in [1.54, 1.807) is 27.7 Å². The lowest BCUT2D eigenvalue weighted by molar-refractivity contribution is 0.102. The van der Waals surface area contributed by atoms with Gasteiger partial charge in [0.25, 0.3) is 5.91 Å². The number of sulfonamides is 1. The Kier molecular flexibility index (Phi) is 7.04. The van der Waals surface area contributed by atoms with Crippen molar-refractivity contribution < 1.29 is 17.9 Å². The Morgan fingerprint density at radius 1 is 1.00 bits per heavy atom. The number of fused-ring (bicyclic) bond motifs is 1. The predicted octanol–water partition coefficient (Wildman–Crippen LogP) is 2.29. The van der Waals surface area contributed by atoms with E-state index in [2.05, 4.69) is 15.3 Å². The quantitative estimate of drug-likeness (QED) is 0.428. The largest absolute Gasteiger partial charge is 0.489 e. The lowest BCUT2D eigenvalue weighted by Crippen LogP contribution is -2.30. The van der Waals surface area contributed by atoms with Crippen LogP contribution in [-0.4, -0.2) is 47.8 Å². The van der Waals surface area contributed by atoms with Crippen LogP contribution >= 0.6 is 0 Å². The highest BCUT2D eigenvalue weighted by atomic mass is 32.2. The normalized spacial score (nSPS) is 11.8. The maximum atomic E-state index is 12.9. The van der Waals surface area contributed by atoms with Gasteiger partial charge in [-0.3, -0.25) is 14.4 Å². The van der Waals surface area contributed by atoms with Crippen LogP contribution in [-0.2, 0) is 10.0 Å². The second-order valence-corrected chi connectivity index (χ2v) is 9.47. The number of hydrogen-bond acceptors (Lipinski definition) is 6. The minimum atomic E-state index is -3.71. The van der Waals surface area contributed by atoms with Crippen molar-refractivity contribution in [3.8, 4) is 5.75 Å². The van der Waals surface area contributed by atoms with Gasteiger partial charge in [0.05, 0.1) is 27.7 Å². The van der Waals surface area contributed by atoms with E-state index in [-0.39, 0.29) is 22.3 Å². The van der Waals surface area contributed by atoms with Gasteiger partial charge in [-0.25, -0.2) is 8.42 Å². The fraction of sp³-hybridized carbons (Fsp3) is 0.318. The molecule has 33 heavy (non-hydrogen) atoms. The molecule has 10 nitrogen and oxygen atoms in total. The topological polar surface area (TPSA) is 141 Å². The molecule has 3 rings (SSSR count). The zero-order valence-corrected chi connectivity index (χ0v) is 19.6. The summed E-state index contributed by atoms with van der Waals surface area (Å²) in [6, 6.07) is 8.72. The van der Waals surface area contributed by atoms with Gasteiger partial charge in [-0.05, 0) is 44.2 Å². The molecule has 0 atom stereocenters. The van der Waals surface area contributed by atoms with Crippen LogP contribution in [0.15, 0.2) is 50.9 Å². The zero-order chi connectivity index (χ0) is 24.3. The van der Waals surface area contributed by atoms with Crippen molar-refractivity contribution in [2.75, 3.05) is 18.4 Å². The fourth-order valence-corrected chi connectivity index (χ4v) is 4.75. The first-order chi connectivity index (χ1) is 15.6. The summed E-state index contributed by atoms with van der Waals surface area (Å²) in [7, 11) is -3.71. The Hall–Kier alpha value is -3.44. The Bertz CT molecular complexity index is 1400. The van der Waals surface area contributed by atoms with Crippen molar-refractivity contribution in [1.29, 1.82) is 0 Å². The molecular weight excluding hydrogens is 448 g/mol. The van der Waals surface area contributed by atoms with Crippen LogP contribution in [0.3, 0.4) is 0 Å². The number of aromatic nitrogens is 2. The molecule has 176 valence electrons. The molecule has 0 aliphatic rings. The third-order valence-electron chi connectivity index (χ3n) is 4.89. The van der Waals surface area contributed by atoms with Gasteiger partial charge < -0.3 is 20.0 Å². The molecule has 0 aliphatic heterocycles. The molecule has 1 amide bonds. The van der Waals surface area contributed by atoms with Gasteiger partial charge in [-0.2, -0.15) is 4.31 Å². The Morgan fingerprint density at radius 2 is 1.64 bits per heavy atom. The summed E-state index contributed by atoms with van der Waals surface area (Å²) in [5, 5.41) is 2.72. The first-order valence-corrected chi connectivity index (χ1v) is 11.9. The maximum absolute atomic E-state index is 12.9. The van der Waals surface area contributed by atoms with Gasteiger partial charge in [0.15, 0.2) is 0 Å². The molecule has 0 unspecified atom stereocenters. The lowest BCUT2D eigenvalue weighted by atomic mass is 10.1. The van der Waals surface area contributed by atoms with Crippen molar-refractivity contribution in [3.63, 3.8) is 0 Å². The monoisotopic (exact) mass is 474 g/mol. The van der Waals surface area contributed by atoms with E-state index >= 15 is 0 Å². The van der Waals surface area contributed by atoms with Crippen LogP contribution in [0.2, 0.25) is 0 Å². The maximum Gasteiger partial charge on any atom is 0.314 e. The van der Waals surface area contributed by atoms with E-state index < -0.39 is 27.0 Å². The van der Waals surface area contributed by atoms with Gasteiger partial charge in [0.2, 0.25) is 10.0 Å². The number of benzene rings is 2. The molecule has 3 aromatic rings. The summed E-state index contributed by atoms with van der Waals surface area (Å²) >= 11 is 0. The smallest absolute Gasteiger partial charge is 0.314 e. The van der Waals surface area contributed by atoms with Gasteiger partial charge in [-0.15, -0.1) is 0 Å². The summed E-state index contributed by atoms with van der Waals surface area (Å²) in [6.07, 6.45) is -0.269. The molecule has 1 aromatic heterocycles. The van der Waals surface area contributed by atoms with E-state index in [0.717, 1.165) is 0 Å². The van der Waals surface area contributed by atoms with Gasteiger partial charge in [0.1, 0.15) is 5.75 Å². The molecule has 3 N–H and O–H groups in total. The number of hydrogen-bond donors (Lipinski definition) is 3. The second-order valence-electron chi connectivity index (χ2n) is 7.54. The van der Waals surface area contributed by atoms with E-state index in [9.17, 15) is 22.8 Å². The zero-order valence-electron chi connectivity index (χ0n) is 18.8. The number of ether oxygens (including phenoxy) is 1. The fourth-order valence-electron chi connectivity index (χ4n) is 3.28. The molecule has 0 saturated carbocycles. The number of amides is 1. The number of carbonyl (C=O) groups excluding carboxylic acids is 1. The number of H-pyrrole nitrogens is 2. The summed E-state index contributed by atoms with van der Waals surface area (Å²) in [5.41, 5.74) is -0.409. The van der Waals surface area contributed by atoms with Crippen molar-refractivity contribution in [2.45, 2.75) is 38.7 Å². The minimum absolute atomic E-state index is 0.0621. The molecule has 11 heteroatoms. The lowest BCUT2D eigenvalue weighted by Gasteiger charge is -2.21. The SMILES string of the molecule is CCN(CC)S(=O)(=O)c1ccc(NC(=O)c2ccc3[nH]c(=O)c(=O)[nH]c3c2)c(OC(C)C)c1. The van der Waals surface area contributed by atoms with E-state index in [0.29, 0.717) is 29.8 Å². The third kappa shape index (κ3) is 5.15. The molecule has 0 aliphatic carbocycles. The molecular formula is C22H26N4O6S. The average Bonchev–Trinajstić information content (AvgIpc) is 2.75. The van der Waals surface area contributed by atoms with Gasteiger partial charge in [-0.1, -0.05) is 13.8 Å². The van der Waals surface area contributed by atoms with Crippen molar-refractivity contribution in [3.05, 3.63) is 62.7 Å². The molecule has 2 aromatic carbocycles. The molecule has 0 spiro atoms. The van der Waals surface area contributed by atoms with Crippen LogP contribution in [0, 0.1) is 0 Å². The first-order valence-electron chi connectivity index (χ1n) is 10.4. The number of anilines is 1. The van der Waals surface area contributed by atoms with Crippen LogP contribution in [0.25, 0.3) is 11.0 Å². The Morgan fingerprint density at radius 3 is 2.24 bits per heavy atom. The Labute approximate surface area is 190 Å². The third-order valence-corrected chi connectivity index (χ3v) is 6.94. The molecule has 0 saturated heterocycles. The highest BCUT2D eigenvalue weighted by Gasteiger charge is 2.24. The van der Waals surface area contributed by atoms with Crippen molar-refractivity contribution in [2.24, 2.45) is 0 Å². The highest BCUT2D eigenvalue weighted by molar-refractivity contribution is 7.89. The molecule has 0 fully saturated rings. The van der Waals surface area contributed by atoms with Gasteiger partial charge in [0, 0.05) is 24.7 Å². The van der Waals surface area contributed by atoms with Crippen molar-refractivity contribution in [1.82, 2.24) is 14.3 Å². The standard InChI is InChI=1S/C22H26N4O6S/c1-5-26(6-2)33(30,31)15-8-10-17(19(12-15)32-13(3)4)24-20(27)14-7-9-16-18(11-14)25-22(29)21(28)23-16/h7-13H,5-6H2,1-4H3,(H,23,28)(H,24,27)(H,25,29). The first kappa shape index (κ1) is 24.2. The Balaban J connectivity index is 1.97. The highest BCUT2D eigenvalue weighted by Crippen LogP contribution is 2.30. The van der Waals surface area contributed by atoms with E-state index in [1.807, 2.05) is 0 Å². The second kappa shape index (κ2) is 9.59. The summed E-state index contributed by atoms with van der Waals surface area (Å²) < 4.78 is 32.9.